The Morgan fingerprint density at radius 3 is 2.33 bits per heavy atom. The summed E-state index contributed by atoms with van der Waals surface area (Å²) in [6.45, 7) is 9.53. The molecule has 2 rings (SSSR count). The lowest BCUT2D eigenvalue weighted by molar-refractivity contribution is -0.129. The van der Waals surface area contributed by atoms with Crippen molar-refractivity contribution < 1.29 is 4.79 Å². The van der Waals surface area contributed by atoms with Gasteiger partial charge in [0.25, 0.3) is 5.91 Å². The van der Waals surface area contributed by atoms with Gasteiger partial charge in [-0.3, -0.25) is 15.1 Å². The maximum atomic E-state index is 11.8. The average molecular weight is 254 g/mol. The first kappa shape index (κ1) is 13.8. The Morgan fingerprint density at radius 2 is 1.89 bits per heavy atom. The first-order valence-corrected chi connectivity index (χ1v) is 7.08. The molecule has 0 radical (unpaired) electrons. The highest BCUT2D eigenvalue weighted by atomic mass is 16.2. The number of amides is 1. The van der Waals surface area contributed by atoms with Crippen LogP contribution in [0, 0.1) is 11.8 Å². The molecule has 1 saturated carbocycles. The van der Waals surface area contributed by atoms with Crippen LogP contribution in [0.25, 0.3) is 0 Å². The molecule has 2 fully saturated rings. The van der Waals surface area contributed by atoms with Gasteiger partial charge >= 0.3 is 0 Å². The molecule has 1 atom stereocenters. The van der Waals surface area contributed by atoms with E-state index in [9.17, 15) is 4.79 Å². The average Bonchev–Trinajstić information content (AvgIpc) is 3.15. The third kappa shape index (κ3) is 3.43. The fourth-order valence-electron chi connectivity index (χ4n) is 2.87. The van der Waals surface area contributed by atoms with Crippen LogP contribution in [0.1, 0.15) is 26.7 Å². The summed E-state index contributed by atoms with van der Waals surface area (Å²) in [6.07, 6.45) is 2.81. The topological polar surface area (TPSA) is 61.6 Å². The maximum absolute atomic E-state index is 11.8. The lowest BCUT2D eigenvalue weighted by Gasteiger charge is -2.39. The van der Waals surface area contributed by atoms with Gasteiger partial charge in [-0.25, -0.2) is 5.84 Å². The van der Waals surface area contributed by atoms with Gasteiger partial charge in [-0.2, -0.15) is 0 Å². The van der Waals surface area contributed by atoms with Gasteiger partial charge in [0.1, 0.15) is 0 Å². The Kier molecular flexibility index (Phi) is 4.59. The molecule has 0 bridgehead atoms. The highest BCUT2D eigenvalue weighted by Crippen LogP contribution is 2.30. The number of hydrogen-bond acceptors (Lipinski definition) is 4. The molecule has 1 saturated heterocycles. The number of carbonyl (C=O) groups excluding carboxylic acids is 1. The SMILES string of the molecule is CC(C)C(C(=O)NN)N1CCN(CC2CC2)CC1. The molecule has 0 aromatic rings. The van der Waals surface area contributed by atoms with E-state index in [0.717, 1.165) is 32.1 Å². The zero-order chi connectivity index (χ0) is 13.1. The number of nitrogens with zero attached hydrogens (tertiary/aromatic N) is 2. The standard InChI is InChI=1S/C13H26N4O/c1-10(2)12(13(18)15-14)17-7-5-16(6-8-17)9-11-3-4-11/h10-12H,3-9,14H2,1-2H3,(H,15,18). The van der Waals surface area contributed by atoms with E-state index in [-0.39, 0.29) is 11.9 Å². The number of rotatable bonds is 5. The minimum Gasteiger partial charge on any atom is -0.301 e. The van der Waals surface area contributed by atoms with Crippen molar-refractivity contribution in [2.24, 2.45) is 17.7 Å². The molecule has 1 amide bonds. The zero-order valence-electron chi connectivity index (χ0n) is 11.6. The second kappa shape index (κ2) is 5.99. The van der Waals surface area contributed by atoms with Crippen molar-refractivity contribution in [3.05, 3.63) is 0 Å². The van der Waals surface area contributed by atoms with Crippen molar-refractivity contribution >= 4 is 5.91 Å². The number of nitrogens with two attached hydrogens (primary N) is 1. The number of carbonyl (C=O) groups is 1. The quantitative estimate of drug-likeness (QED) is 0.413. The van der Waals surface area contributed by atoms with Crippen LogP contribution in [-0.4, -0.2) is 54.5 Å². The number of nitrogens with one attached hydrogen (secondary N) is 1. The second-order valence-electron chi connectivity index (χ2n) is 5.98. The molecule has 1 aliphatic carbocycles. The Balaban J connectivity index is 1.83. The van der Waals surface area contributed by atoms with Crippen LogP contribution >= 0.6 is 0 Å². The van der Waals surface area contributed by atoms with E-state index in [1.54, 1.807) is 0 Å². The van der Waals surface area contributed by atoms with Crippen LogP contribution in [0.2, 0.25) is 0 Å². The van der Waals surface area contributed by atoms with Crippen LogP contribution in [0.5, 0.6) is 0 Å². The fourth-order valence-corrected chi connectivity index (χ4v) is 2.87. The highest BCUT2D eigenvalue weighted by Gasteiger charge is 2.32. The normalized spacial score (nSPS) is 24.2. The lowest BCUT2D eigenvalue weighted by atomic mass is 10.0. The van der Waals surface area contributed by atoms with Crippen LogP contribution < -0.4 is 11.3 Å². The Bertz CT molecular complexity index is 283. The van der Waals surface area contributed by atoms with Gasteiger partial charge < -0.3 is 4.90 Å². The minimum absolute atomic E-state index is 0.0550. The maximum Gasteiger partial charge on any atom is 0.251 e. The van der Waals surface area contributed by atoms with Crippen LogP contribution in [-0.2, 0) is 4.79 Å². The minimum atomic E-state index is -0.0851. The zero-order valence-corrected chi connectivity index (χ0v) is 11.6. The van der Waals surface area contributed by atoms with Crippen molar-refractivity contribution in [2.45, 2.75) is 32.7 Å². The van der Waals surface area contributed by atoms with Crippen LogP contribution in [0.3, 0.4) is 0 Å². The number of hydrogen-bond donors (Lipinski definition) is 2. The van der Waals surface area contributed by atoms with E-state index in [2.05, 4.69) is 29.1 Å². The van der Waals surface area contributed by atoms with Crippen molar-refractivity contribution in [2.75, 3.05) is 32.7 Å². The Hall–Kier alpha value is -0.650. The first-order valence-electron chi connectivity index (χ1n) is 7.08. The van der Waals surface area contributed by atoms with E-state index >= 15 is 0 Å². The van der Waals surface area contributed by atoms with Gasteiger partial charge in [-0.05, 0) is 24.7 Å². The van der Waals surface area contributed by atoms with Crippen molar-refractivity contribution in [1.29, 1.82) is 0 Å². The molecule has 1 heterocycles. The molecular formula is C13H26N4O. The predicted molar refractivity (Wildman–Crippen MR) is 71.7 cm³/mol. The van der Waals surface area contributed by atoms with Crippen LogP contribution in [0.15, 0.2) is 0 Å². The highest BCUT2D eigenvalue weighted by molar-refractivity contribution is 5.81. The van der Waals surface area contributed by atoms with Gasteiger partial charge in [0, 0.05) is 32.7 Å². The summed E-state index contributed by atoms with van der Waals surface area (Å²) in [6, 6.07) is -0.0851. The molecule has 18 heavy (non-hydrogen) atoms. The number of hydrazine groups is 1. The monoisotopic (exact) mass is 254 g/mol. The van der Waals surface area contributed by atoms with E-state index in [0.29, 0.717) is 5.92 Å². The largest absolute Gasteiger partial charge is 0.301 e. The van der Waals surface area contributed by atoms with E-state index in [1.165, 1.54) is 19.4 Å². The van der Waals surface area contributed by atoms with Gasteiger partial charge in [-0.15, -0.1) is 0 Å². The van der Waals surface area contributed by atoms with Gasteiger partial charge in [0.05, 0.1) is 6.04 Å². The smallest absolute Gasteiger partial charge is 0.251 e. The second-order valence-corrected chi connectivity index (χ2v) is 5.98. The van der Waals surface area contributed by atoms with Crippen molar-refractivity contribution in [3.8, 4) is 0 Å². The van der Waals surface area contributed by atoms with Gasteiger partial charge in [0.2, 0.25) is 0 Å². The molecular weight excluding hydrogens is 228 g/mol. The molecule has 3 N–H and O–H groups in total. The van der Waals surface area contributed by atoms with E-state index in [4.69, 9.17) is 5.84 Å². The van der Waals surface area contributed by atoms with Gasteiger partial charge in [0.15, 0.2) is 0 Å². The summed E-state index contributed by atoms with van der Waals surface area (Å²) in [5, 5.41) is 0. The van der Waals surface area contributed by atoms with Crippen LogP contribution in [0.4, 0.5) is 0 Å². The summed E-state index contributed by atoms with van der Waals surface area (Å²) in [7, 11) is 0. The molecule has 0 aromatic carbocycles. The molecule has 5 heteroatoms. The van der Waals surface area contributed by atoms with E-state index < -0.39 is 0 Å². The molecule has 2 aliphatic rings. The molecule has 0 spiro atoms. The van der Waals surface area contributed by atoms with Crippen molar-refractivity contribution in [1.82, 2.24) is 15.2 Å². The summed E-state index contributed by atoms with van der Waals surface area (Å²) >= 11 is 0. The molecule has 1 aliphatic heterocycles. The van der Waals surface area contributed by atoms with E-state index in [1.807, 2.05) is 0 Å². The first-order chi connectivity index (χ1) is 8.61. The fraction of sp³-hybridized carbons (Fsp3) is 0.923. The molecule has 104 valence electrons. The summed E-state index contributed by atoms with van der Waals surface area (Å²) in [4.78, 5) is 16.6. The third-order valence-corrected chi connectivity index (χ3v) is 4.06. The molecule has 0 aromatic heterocycles. The molecule has 1 unspecified atom stereocenters. The summed E-state index contributed by atoms with van der Waals surface area (Å²) in [5.74, 6) is 6.47. The molecule has 5 nitrogen and oxygen atoms in total. The van der Waals surface area contributed by atoms with Gasteiger partial charge in [-0.1, -0.05) is 13.8 Å². The van der Waals surface area contributed by atoms with Crippen molar-refractivity contribution in [3.63, 3.8) is 0 Å². The lowest BCUT2D eigenvalue weighted by Crippen LogP contribution is -2.57. The Labute approximate surface area is 110 Å². The predicted octanol–water partition coefficient (Wildman–Crippen LogP) is 0.0285. The number of piperazine rings is 1. The summed E-state index contributed by atoms with van der Waals surface area (Å²) < 4.78 is 0. The third-order valence-electron chi connectivity index (χ3n) is 4.06. The summed E-state index contributed by atoms with van der Waals surface area (Å²) in [5.41, 5.74) is 2.30. The Morgan fingerprint density at radius 1 is 1.28 bits per heavy atom.